The second kappa shape index (κ2) is 7.12. The highest BCUT2D eigenvalue weighted by molar-refractivity contribution is 6.74. The van der Waals surface area contributed by atoms with Crippen molar-refractivity contribution in [1.29, 1.82) is 0 Å². The zero-order chi connectivity index (χ0) is 18.0. The lowest BCUT2D eigenvalue weighted by molar-refractivity contribution is 0.146. The van der Waals surface area contributed by atoms with Crippen LogP contribution in [0.15, 0.2) is 23.6 Å². The van der Waals surface area contributed by atoms with Gasteiger partial charge in [0.05, 0.1) is 6.04 Å². The molecule has 0 aromatic heterocycles. The molecule has 0 aliphatic carbocycles. The highest BCUT2D eigenvalue weighted by Crippen LogP contribution is 2.40. The van der Waals surface area contributed by atoms with Crippen LogP contribution in [0.2, 0.25) is 18.1 Å². The van der Waals surface area contributed by atoms with Gasteiger partial charge in [-0.25, -0.2) is 9.69 Å². The van der Waals surface area contributed by atoms with E-state index in [1.54, 1.807) is 4.90 Å². The van der Waals surface area contributed by atoms with Gasteiger partial charge in [-0.05, 0) is 37.9 Å². The first kappa shape index (κ1) is 19.8. The number of cyclic esters (lactones) is 1. The van der Waals surface area contributed by atoms with Crippen LogP contribution in [0, 0.1) is 5.92 Å². The highest BCUT2D eigenvalue weighted by Gasteiger charge is 2.44. The summed E-state index contributed by atoms with van der Waals surface area (Å²) in [6.45, 7) is 19.6. The summed E-state index contributed by atoms with van der Waals surface area (Å²) in [5.74, 6) is 0.966. The predicted octanol–water partition coefficient (Wildman–Crippen LogP) is 5.29. The number of carbonyl (C=O) groups is 1. The van der Waals surface area contributed by atoms with Crippen LogP contribution in [0.25, 0.3) is 0 Å². The Morgan fingerprint density at radius 2 is 1.96 bits per heavy atom. The Balaban J connectivity index is 3.33. The molecule has 1 aliphatic heterocycles. The minimum atomic E-state index is -2.06. The van der Waals surface area contributed by atoms with Gasteiger partial charge in [0.2, 0.25) is 0 Å². The molecule has 1 fully saturated rings. The first-order chi connectivity index (χ1) is 10.4. The van der Waals surface area contributed by atoms with Crippen LogP contribution < -0.4 is 0 Å². The van der Waals surface area contributed by atoms with Gasteiger partial charge in [-0.15, -0.1) is 0 Å². The van der Waals surface area contributed by atoms with Gasteiger partial charge in [0.25, 0.3) is 8.32 Å². The first-order valence-corrected chi connectivity index (χ1v) is 11.3. The van der Waals surface area contributed by atoms with Gasteiger partial charge in [0, 0.05) is 5.57 Å². The summed E-state index contributed by atoms with van der Waals surface area (Å²) in [5.41, 5.74) is 0.960. The fourth-order valence-corrected chi connectivity index (χ4v) is 3.24. The normalized spacial score (nSPS) is 21.0. The van der Waals surface area contributed by atoms with Gasteiger partial charge < -0.3 is 9.16 Å². The van der Waals surface area contributed by atoms with Crippen molar-refractivity contribution in [3.63, 3.8) is 0 Å². The zero-order valence-corrected chi connectivity index (χ0v) is 17.2. The molecule has 5 heteroatoms. The molecule has 0 N–H and O–H groups in total. The van der Waals surface area contributed by atoms with E-state index in [2.05, 4.69) is 47.7 Å². The molecular formula is C18H33NO3Si. The largest absolute Gasteiger partial charge is 0.531 e. The second-order valence-corrected chi connectivity index (χ2v) is 12.8. The summed E-state index contributed by atoms with van der Waals surface area (Å²) in [6, 6.07) is 0.0162. The second-order valence-electron chi connectivity index (χ2n) is 8.11. The molecule has 1 amide bonds. The van der Waals surface area contributed by atoms with Crippen molar-refractivity contribution in [2.45, 2.75) is 72.6 Å². The molecular weight excluding hydrogens is 306 g/mol. The molecule has 1 saturated heterocycles. The van der Waals surface area contributed by atoms with Crippen molar-refractivity contribution in [1.82, 2.24) is 4.90 Å². The molecule has 23 heavy (non-hydrogen) atoms. The van der Waals surface area contributed by atoms with E-state index in [1.165, 1.54) is 0 Å². The number of ether oxygens (including phenoxy) is 1. The van der Waals surface area contributed by atoms with Gasteiger partial charge >= 0.3 is 6.09 Å². The number of carbonyl (C=O) groups excluding carboxylic acids is 1. The molecule has 1 atom stereocenters. The Labute approximate surface area is 142 Å². The SMILES string of the molecule is C/C=C/C(C)=C(/O[Si](C)(C)C(C)(C)C)N1C(=O)OC[C@@H]1C(C)C. The van der Waals surface area contributed by atoms with Crippen molar-refractivity contribution in [2.75, 3.05) is 6.61 Å². The van der Waals surface area contributed by atoms with Crippen molar-refractivity contribution < 1.29 is 14.0 Å². The summed E-state index contributed by atoms with van der Waals surface area (Å²) in [5, 5.41) is 0.0609. The molecule has 132 valence electrons. The lowest BCUT2D eigenvalue weighted by atomic mass is 10.0. The van der Waals surface area contributed by atoms with Crippen LogP contribution in [-0.2, 0) is 9.16 Å². The average molecular weight is 340 g/mol. The van der Waals surface area contributed by atoms with E-state index in [-0.39, 0.29) is 17.2 Å². The maximum absolute atomic E-state index is 12.4. The fourth-order valence-electron chi connectivity index (χ4n) is 2.20. The summed E-state index contributed by atoms with van der Waals surface area (Å²) in [4.78, 5) is 14.1. The number of hydrogen-bond donors (Lipinski definition) is 0. The molecule has 1 rings (SSSR count). The number of rotatable bonds is 5. The summed E-state index contributed by atoms with van der Waals surface area (Å²) in [7, 11) is -2.06. The van der Waals surface area contributed by atoms with Crippen LogP contribution in [-0.4, -0.2) is 32.0 Å². The third-order valence-electron chi connectivity index (χ3n) is 4.81. The summed E-state index contributed by atoms with van der Waals surface area (Å²) >= 11 is 0. The number of nitrogens with zero attached hydrogens (tertiary/aromatic N) is 1. The third-order valence-corrected chi connectivity index (χ3v) is 9.12. The van der Waals surface area contributed by atoms with Gasteiger partial charge in [-0.3, -0.25) is 0 Å². The summed E-state index contributed by atoms with van der Waals surface area (Å²) in [6.07, 6.45) is 3.66. The van der Waals surface area contributed by atoms with Gasteiger partial charge in [-0.2, -0.15) is 0 Å². The number of allylic oxidation sites excluding steroid dienone is 3. The van der Waals surface area contributed by atoms with Gasteiger partial charge in [0.1, 0.15) is 6.61 Å². The predicted molar refractivity (Wildman–Crippen MR) is 97.6 cm³/mol. The average Bonchev–Trinajstić information content (AvgIpc) is 2.77. The van der Waals surface area contributed by atoms with Crippen LogP contribution in [0.4, 0.5) is 4.79 Å². The van der Waals surface area contributed by atoms with Crippen LogP contribution in [0.1, 0.15) is 48.5 Å². The van der Waals surface area contributed by atoms with Gasteiger partial charge in [0.15, 0.2) is 5.88 Å². The van der Waals surface area contributed by atoms with Crippen molar-refractivity contribution >= 4 is 14.4 Å². The van der Waals surface area contributed by atoms with E-state index >= 15 is 0 Å². The van der Waals surface area contributed by atoms with E-state index in [0.717, 1.165) is 5.57 Å². The lowest BCUT2D eigenvalue weighted by Gasteiger charge is -2.40. The van der Waals surface area contributed by atoms with Crippen LogP contribution in [0.3, 0.4) is 0 Å². The quantitative estimate of drug-likeness (QED) is 0.388. The van der Waals surface area contributed by atoms with E-state index in [1.807, 2.05) is 26.0 Å². The Bertz CT molecular complexity index is 501. The lowest BCUT2D eigenvalue weighted by Crippen LogP contribution is -2.46. The Hall–Kier alpha value is -1.23. The maximum Gasteiger partial charge on any atom is 0.417 e. The Kier molecular flexibility index (Phi) is 6.13. The van der Waals surface area contributed by atoms with Crippen molar-refractivity contribution in [3.05, 3.63) is 23.6 Å². The molecule has 0 aromatic rings. The number of amides is 1. The third kappa shape index (κ3) is 4.40. The fraction of sp³-hybridized carbons (Fsp3) is 0.722. The highest BCUT2D eigenvalue weighted by atomic mass is 28.4. The van der Waals surface area contributed by atoms with E-state index in [9.17, 15) is 4.79 Å². The van der Waals surface area contributed by atoms with Crippen LogP contribution >= 0.6 is 0 Å². The Morgan fingerprint density at radius 3 is 2.39 bits per heavy atom. The molecule has 0 bridgehead atoms. The summed E-state index contributed by atoms with van der Waals surface area (Å²) < 4.78 is 11.9. The minimum absolute atomic E-state index is 0.0162. The maximum atomic E-state index is 12.4. The molecule has 0 unspecified atom stereocenters. The molecule has 0 aromatic carbocycles. The van der Waals surface area contributed by atoms with E-state index in [0.29, 0.717) is 18.4 Å². The molecule has 4 nitrogen and oxygen atoms in total. The van der Waals surface area contributed by atoms with Crippen molar-refractivity contribution in [2.24, 2.45) is 5.92 Å². The molecule has 0 spiro atoms. The van der Waals surface area contributed by atoms with Crippen molar-refractivity contribution in [3.8, 4) is 0 Å². The molecule has 0 radical (unpaired) electrons. The van der Waals surface area contributed by atoms with Crippen LogP contribution in [0.5, 0.6) is 0 Å². The first-order valence-electron chi connectivity index (χ1n) is 8.41. The molecule has 1 heterocycles. The molecule has 1 aliphatic rings. The monoisotopic (exact) mass is 339 g/mol. The van der Waals surface area contributed by atoms with E-state index < -0.39 is 8.32 Å². The number of hydrogen-bond acceptors (Lipinski definition) is 3. The van der Waals surface area contributed by atoms with E-state index in [4.69, 9.17) is 9.16 Å². The smallest absolute Gasteiger partial charge is 0.417 e. The topological polar surface area (TPSA) is 38.8 Å². The zero-order valence-electron chi connectivity index (χ0n) is 16.2. The Morgan fingerprint density at radius 1 is 1.39 bits per heavy atom. The van der Waals surface area contributed by atoms with Gasteiger partial charge in [-0.1, -0.05) is 46.8 Å². The minimum Gasteiger partial charge on any atom is -0.531 e. The standard InChI is InChI=1S/C18H33NO3Si/c1-10-11-14(4)16(22-23(8,9)18(5,6)7)19-15(13(2)3)12-21-17(19)20/h10-11,13,15H,12H2,1-9H3/b11-10+,16-14+/t15-/m1/s1. The molecule has 0 saturated carbocycles.